The van der Waals surface area contributed by atoms with E-state index in [9.17, 15) is 19.5 Å². The van der Waals surface area contributed by atoms with Crippen molar-refractivity contribution in [1.82, 2.24) is 0 Å². The molecule has 7 aliphatic rings. The van der Waals surface area contributed by atoms with E-state index >= 15 is 0 Å². The van der Waals surface area contributed by atoms with Crippen LogP contribution in [0.2, 0.25) is 0 Å². The second-order valence-electron chi connectivity index (χ2n) is 12.3. The van der Waals surface area contributed by atoms with Gasteiger partial charge in [0, 0.05) is 32.3 Å². The normalized spacial score (nSPS) is 51.0. The van der Waals surface area contributed by atoms with Gasteiger partial charge in [0.2, 0.25) is 0 Å². The molecule has 0 aromatic carbocycles. The topological polar surface area (TPSA) is 143 Å². The highest BCUT2D eigenvalue weighted by Gasteiger charge is 2.83. The van der Waals surface area contributed by atoms with Crippen molar-refractivity contribution in [3.05, 3.63) is 35.6 Å². The molecular weight excluding hydrogens is 524 g/mol. The first-order chi connectivity index (χ1) is 19.1. The summed E-state index contributed by atoms with van der Waals surface area (Å²) in [7, 11) is 0. The van der Waals surface area contributed by atoms with Crippen LogP contribution in [0.25, 0.3) is 0 Å². The molecule has 5 aliphatic heterocycles. The standard InChI is InChI=1S/C29H34O11/c1-15-10-20-27(12-18(15)37-16(2)30)13-35-25(33)24-28(40-24)8-9-34-17(23(28)32)6-4-5-7-22(31)39-19-11-21(38-20)29(14-36-29)26(19,27)3/h5-7,10,18-21,23-24,32H,4,8-9,11-14H2,1-3H3/b7-5-,17-6-/t18-,19+,20+,21+,23-,24+,26+,27+,28+,29-/m0/s1. The van der Waals surface area contributed by atoms with Crippen LogP contribution in [0.15, 0.2) is 35.6 Å². The summed E-state index contributed by atoms with van der Waals surface area (Å²) in [6.45, 7) is 5.83. The first kappa shape index (κ1) is 26.2. The van der Waals surface area contributed by atoms with Gasteiger partial charge in [-0.15, -0.1) is 0 Å². The fourth-order valence-corrected chi connectivity index (χ4v) is 8.05. The Kier molecular flexibility index (Phi) is 5.66. The average molecular weight is 559 g/mol. The third-order valence-corrected chi connectivity index (χ3v) is 10.5. The van der Waals surface area contributed by atoms with Crippen molar-refractivity contribution in [3.63, 3.8) is 0 Å². The van der Waals surface area contributed by atoms with Crippen LogP contribution in [0.4, 0.5) is 0 Å². The third kappa shape index (κ3) is 3.41. The molecule has 4 bridgehead atoms. The molecule has 2 aliphatic carbocycles. The van der Waals surface area contributed by atoms with Gasteiger partial charge in [-0.25, -0.2) is 9.59 Å². The van der Waals surface area contributed by atoms with E-state index in [0.29, 0.717) is 31.6 Å². The van der Waals surface area contributed by atoms with E-state index in [2.05, 4.69) is 0 Å². The van der Waals surface area contributed by atoms with Crippen molar-refractivity contribution in [3.8, 4) is 0 Å². The molecule has 0 unspecified atom stereocenters. The Morgan fingerprint density at radius 1 is 1.18 bits per heavy atom. The number of aliphatic hydroxyl groups is 1. The Morgan fingerprint density at radius 2 is 1.98 bits per heavy atom. The summed E-state index contributed by atoms with van der Waals surface area (Å²) in [5.41, 5.74) is -2.81. The molecule has 0 radical (unpaired) electrons. The predicted octanol–water partition coefficient (Wildman–Crippen LogP) is 1.42. The van der Waals surface area contributed by atoms with Crippen LogP contribution >= 0.6 is 0 Å². The molecule has 4 saturated heterocycles. The van der Waals surface area contributed by atoms with Crippen molar-refractivity contribution in [1.29, 1.82) is 0 Å². The third-order valence-electron chi connectivity index (χ3n) is 10.5. The SMILES string of the molecule is CC(=O)O[C@H]1C[C@@]23COC(=O)[C@H]4O[C@@]45CCO/C(=C\C/C=C\C(=O)O[C@@H]4C[C@@H](O[C@@H]2C=C1C)[C@@]1(CO1)[C@]43C)[C@@H]5O. The number of hydrogen-bond acceptors (Lipinski definition) is 11. The van der Waals surface area contributed by atoms with E-state index in [0.717, 1.165) is 5.57 Å². The van der Waals surface area contributed by atoms with Crippen LogP contribution in [0.3, 0.4) is 0 Å². The van der Waals surface area contributed by atoms with Crippen molar-refractivity contribution in [2.24, 2.45) is 10.8 Å². The predicted molar refractivity (Wildman–Crippen MR) is 133 cm³/mol. The van der Waals surface area contributed by atoms with Gasteiger partial charge in [0.15, 0.2) is 6.10 Å². The van der Waals surface area contributed by atoms with Crippen LogP contribution < -0.4 is 0 Å². The van der Waals surface area contributed by atoms with Crippen LogP contribution in [-0.4, -0.2) is 90.7 Å². The molecule has 0 aromatic heterocycles. The monoisotopic (exact) mass is 558 g/mol. The lowest BCUT2D eigenvalue weighted by Gasteiger charge is -2.59. The van der Waals surface area contributed by atoms with Crippen LogP contribution in [0, 0.1) is 10.8 Å². The van der Waals surface area contributed by atoms with Crippen molar-refractivity contribution in [2.75, 3.05) is 19.8 Å². The Balaban J connectivity index is 1.31. The van der Waals surface area contributed by atoms with Gasteiger partial charge >= 0.3 is 17.9 Å². The van der Waals surface area contributed by atoms with Gasteiger partial charge < -0.3 is 38.3 Å². The molecule has 5 fully saturated rings. The zero-order valence-corrected chi connectivity index (χ0v) is 22.8. The molecule has 1 N–H and O–H groups in total. The summed E-state index contributed by atoms with van der Waals surface area (Å²) in [5, 5.41) is 11.0. The lowest BCUT2D eigenvalue weighted by Crippen LogP contribution is -2.68. The van der Waals surface area contributed by atoms with E-state index in [4.69, 9.17) is 33.2 Å². The number of carbonyl (C=O) groups is 3. The zero-order chi connectivity index (χ0) is 28.1. The van der Waals surface area contributed by atoms with Crippen molar-refractivity contribution in [2.45, 2.75) is 94.3 Å². The lowest BCUT2D eigenvalue weighted by atomic mass is 9.51. The minimum atomic E-state index is -1.15. The average Bonchev–Trinajstić information content (AvgIpc) is 3.81. The first-order valence-electron chi connectivity index (χ1n) is 13.9. The second kappa shape index (κ2) is 8.64. The maximum absolute atomic E-state index is 13.5. The molecule has 7 rings (SSSR count). The van der Waals surface area contributed by atoms with E-state index in [1.54, 1.807) is 12.2 Å². The maximum atomic E-state index is 13.5. The van der Waals surface area contributed by atoms with E-state index < -0.39 is 70.5 Å². The molecular formula is C29H34O11. The Bertz CT molecular complexity index is 1250. The molecule has 3 spiro atoms. The summed E-state index contributed by atoms with van der Waals surface area (Å²) in [6.07, 6.45) is 3.84. The molecule has 216 valence electrons. The number of aliphatic hydroxyl groups excluding tert-OH is 1. The minimum Gasteiger partial charge on any atom is -0.495 e. The molecule has 0 amide bonds. The highest BCUT2D eigenvalue weighted by molar-refractivity contribution is 5.82. The summed E-state index contributed by atoms with van der Waals surface area (Å²) in [5.74, 6) is -1.25. The molecule has 10 atom stereocenters. The van der Waals surface area contributed by atoms with Gasteiger partial charge in [-0.3, -0.25) is 4.79 Å². The molecule has 40 heavy (non-hydrogen) atoms. The Labute approximate surface area is 231 Å². The summed E-state index contributed by atoms with van der Waals surface area (Å²) in [4.78, 5) is 38.6. The molecule has 1 saturated carbocycles. The summed E-state index contributed by atoms with van der Waals surface area (Å²) in [6, 6.07) is 0. The molecule has 0 aromatic rings. The zero-order valence-electron chi connectivity index (χ0n) is 22.8. The number of ether oxygens (including phenoxy) is 7. The van der Waals surface area contributed by atoms with Crippen LogP contribution in [-0.2, 0) is 47.5 Å². The number of carbonyl (C=O) groups excluding carboxylic acids is 3. The van der Waals surface area contributed by atoms with Gasteiger partial charge in [0.1, 0.15) is 41.9 Å². The molecule has 11 nitrogen and oxygen atoms in total. The first-order valence-corrected chi connectivity index (χ1v) is 13.9. The van der Waals surface area contributed by atoms with Gasteiger partial charge in [-0.1, -0.05) is 19.1 Å². The van der Waals surface area contributed by atoms with Crippen molar-refractivity contribution >= 4 is 17.9 Å². The number of esters is 3. The Hall–Kier alpha value is -2.73. The molecule has 5 heterocycles. The maximum Gasteiger partial charge on any atom is 0.338 e. The van der Waals surface area contributed by atoms with Gasteiger partial charge in [0.05, 0.1) is 36.3 Å². The largest absolute Gasteiger partial charge is 0.495 e. The lowest BCUT2D eigenvalue weighted by molar-refractivity contribution is -0.240. The number of fused-ring (bicyclic) bond motifs is 1. The number of hydrogen-bond donors (Lipinski definition) is 1. The minimum absolute atomic E-state index is 0.110. The summed E-state index contributed by atoms with van der Waals surface area (Å²) >= 11 is 0. The van der Waals surface area contributed by atoms with E-state index in [-0.39, 0.29) is 25.7 Å². The van der Waals surface area contributed by atoms with Gasteiger partial charge in [-0.2, -0.15) is 0 Å². The number of epoxide rings is 2. The smallest absolute Gasteiger partial charge is 0.338 e. The number of rotatable bonds is 1. The molecule has 11 heteroatoms. The van der Waals surface area contributed by atoms with Crippen LogP contribution in [0.5, 0.6) is 0 Å². The second-order valence-corrected chi connectivity index (χ2v) is 12.3. The van der Waals surface area contributed by atoms with Crippen molar-refractivity contribution < 1.29 is 52.6 Å². The fraction of sp³-hybridized carbons (Fsp3) is 0.690. The fourth-order valence-electron chi connectivity index (χ4n) is 8.05. The highest BCUT2D eigenvalue weighted by Crippen LogP contribution is 2.72. The van der Waals surface area contributed by atoms with Crippen LogP contribution in [0.1, 0.15) is 46.5 Å². The van der Waals surface area contributed by atoms with Gasteiger partial charge in [0.25, 0.3) is 0 Å². The van der Waals surface area contributed by atoms with E-state index in [1.807, 2.05) is 19.9 Å². The quantitative estimate of drug-likeness (QED) is 0.216. The number of cyclic esters (lactones) is 1. The van der Waals surface area contributed by atoms with E-state index in [1.165, 1.54) is 13.0 Å². The summed E-state index contributed by atoms with van der Waals surface area (Å²) < 4.78 is 42.1. The van der Waals surface area contributed by atoms with Gasteiger partial charge in [-0.05, 0) is 25.0 Å². The number of allylic oxidation sites excluding steroid dienone is 2. The highest BCUT2D eigenvalue weighted by atomic mass is 16.7. The Morgan fingerprint density at radius 3 is 2.73 bits per heavy atom.